The monoisotopic (exact) mass is 169 g/mol. The van der Waals surface area contributed by atoms with Crippen molar-refractivity contribution in [3.05, 3.63) is 12.8 Å². The van der Waals surface area contributed by atoms with Gasteiger partial charge in [0.25, 0.3) is 0 Å². The summed E-state index contributed by atoms with van der Waals surface area (Å²) in [5, 5.41) is 0. The van der Waals surface area contributed by atoms with Crippen molar-refractivity contribution in [2.75, 3.05) is 7.05 Å². The minimum Gasteiger partial charge on any atom is -0.323 e. The summed E-state index contributed by atoms with van der Waals surface area (Å²) in [5.74, 6) is 0.828. The van der Waals surface area contributed by atoms with Crippen LogP contribution < -0.4 is 0 Å². The van der Waals surface area contributed by atoms with Crippen molar-refractivity contribution in [3.8, 4) is 0 Å². The summed E-state index contributed by atoms with van der Waals surface area (Å²) in [6, 6.07) is 0. The quantitative estimate of drug-likeness (QED) is 0.632. The van der Waals surface area contributed by atoms with E-state index in [0.717, 1.165) is 6.42 Å². The van der Waals surface area contributed by atoms with Gasteiger partial charge < -0.3 is 4.90 Å². The van der Waals surface area contributed by atoms with E-state index in [4.69, 9.17) is 0 Å². The van der Waals surface area contributed by atoms with E-state index in [2.05, 4.69) is 20.4 Å². The Hall–Kier alpha value is -0.790. The van der Waals surface area contributed by atoms with Gasteiger partial charge in [-0.3, -0.25) is 4.79 Å². The zero-order chi connectivity index (χ0) is 9.72. The van der Waals surface area contributed by atoms with Crippen molar-refractivity contribution in [2.45, 2.75) is 27.2 Å². The molecule has 0 saturated heterocycles. The molecule has 2 heteroatoms. The van der Waals surface area contributed by atoms with Crippen molar-refractivity contribution in [2.24, 2.45) is 11.8 Å². The molecule has 2 nitrogen and oxygen atoms in total. The predicted molar refractivity (Wildman–Crippen MR) is 51.6 cm³/mol. The highest BCUT2D eigenvalue weighted by Crippen LogP contribution is 2.12. The van der Waals surface area contributed by atoms with Crippen LogP contribution in [-0.4, -0.2) is 17.9 Å². The third kappa shape index (κ3) is 3.56. The van der Waals surface area contributed by atoms with Crippen LogP contribution in [0.3, 0.4) is 0 Å². The van der Waals surface area contributed by atoms with E-state index < -0.39 is 0 Å². The van der Waals surface area contributed by atoms with Crippen LogP contribution in [0.5, 0.6) is 0 Å². The van der Waals surface area contributed by atoms with Crippen LogP contribution >= 0.6 is 0 Å². The summed E-state index contributed by atoms with van der Waals surface area (Å²) >= 11 is 0. The molecular formula is C10H19NO. The average molecular weight is 169 g/mol. The predicted octanol–water partition coefficient (Wildman–Crippen LogP) is 2.27. The number of amides is 1. The highest BCUT2D eigenvalue weighted by atomic mass is 16.2. The molecule has 0 aromatic rings. The topological polar surface area (TPSA) is 20.3 Å². The van der Waals surface area contributed by atoms with E-state index in [-0.39, 0.29) is 11.8 Å². The van der Waals surface area contributed by atoms with Gasteiger partial charge in [0.15, 0.2) is 0 Å². The smallest absolute Gasteiger partial charge is 0.229 e. The third-order valence-corrected chi connectivity index (χ3v) is 1.87. The lowest BCUT2D eigenvalue weighted by molar-refractivity contribution is -0.131. The fourth-order valence-electron chi connectivity index (χ4n) is 1.25. The van der Waals surface area contributed by atoms with Crippen LogP contribution in [-0.2, 0) is 4.79 Å². The molecule has 0 aliphatic heterocycles. The number of rotatable bonds is 4. The first-order valence-electron chi connectivity index (χ1n) is 4.38. The number of hydrogen-bond acceptors (Lipinski definition) is 1. The fourth-order valence-corrected chi connectivity index (χ4v) is 1.25. The first-order valence-corrected chi connectivity index (χ1v) is 4.38. The number of carbonyl (C=O) groups is 1. The van der Waals surface area contributed by atoms with Crippen molar-refractivity contribution in [1.82, 2.24) is 4.90 Å². The maximum absolute atomic E-state index is 11.5. The van der Waals surface area contributed by atoms with E-state index in [1.54, 1.807) is 18.1 Å². The highest BCUT2D eigenvalue weighted by molar-refractivity contribution is 5.79. The molecule has 1 atom stereocenters. The SMILES string of the molecule is C=CN(C)C(=O)[C@@H](C)CC(C)C. The first-order chi connectivity index (χ1) is 5.49. The Balaban J connectivity index is 4.00. The number of carbonyl (C=O) groups excluding carboxylic acids is 1. The molecule has 0 aliphatic carbocycles. The van der Waals surface area contributed by atoms with Crippen molar-refractivity contribution in [3.63, 3.8) is 0 Å². The highest BCUT2D eigenvalue weighted by Gasteiger charge is 2.16. The van der Waals surface area contributed by atoms with Gasteiger partial charge in [-0.25, -0.2) is 0 Å². The largest absolute Gasteiger partial charge is 0.323 e. The summed E-state index contributed by atoms with van der Waals surface area (Å²) in [4.78, 5) is 13.0. The molecule has 12 heavy (non-hydrogen) atoms. The molecule has 0 rings (SSSR count). The van der Waals surface area contributed by atoms with Crippen molar-refractivity contribution in [1.29, 1.82) is 0 Å². The molecule has 0 unspecified atom stereocenters. The number of hydrogen-bond donors (Lipinski definition) is 0. The Kier molecular flexibility index (Phi) is 4.64. The van der Waals surface area contributed by atoms with Crippen LogP contribution in [0.15, 0.2) is 12.8 Å². The van der Waals surface area contributed by atoms with Crippen LogP contribution in [0.2, 0.25) is 0 Å². The summed E-state index contributed by atoms with van der Waals surface area (Å²) in [5.41, 5.74) is 0. The average Bonchev–Trinajstić information content (AvgIpc) is 2.00. The van der Waals surface area contributed by atoms with E-state index in [1.165, 1.54) is 0 Å². The van der Waals surface area contributed by atoms with Gasteiger partial charge in [-0.2, -0.15) is 0 Å². The van der Waals surface area contributed by atoms with Crippen LogP contribution in [0.1, 0.15) is 27.2 Å². The molecule has 70 valence electrons. The van der Waals surface area contributed by atoms with Gasteiger partial charge in [0.1, 0.15) is 0 Å². The number of nitrogens with zero attached hydrogens (tertiary/aromatic N) is 1. The zero-order valence-electron chi connectivity index (χ0n) is 8.50. The lowest BCUT2D eigenvalue weighted by Gasteiger charge is -2.18. The Morgan fingerprint density at radius 2 is 2.00 bits per heavy atom. The van der Waals surface area contributed by atoms with Crippen LogP contribution in [0.4, 0.5) is 0 Å². The van der Waals surface area contributed by atoms with E-state index in [0.29, 0.717) is 5.92 Å². The van der Waals surface area contributed by atoms with Gasteiger partial charge in [-0.05, 0) is 18.5 Å². The van der Waals surface area contributed by atoms with Gasteiger partial charge in [-0.1, -0.05) is 27.4 Å². The molecule has 0 heterocycles. The summed E-state index contributed by atoms with van der Waals surface area (Å²) < 4.78 is 0. The summed E-state index contributed by atoms with van der Waals surface area (Å²) in [7, 11) is 1.74. The van der Waals surface area contributed by atoms with Crippen LogP contribution in [0.25, 0.3) is 0 Å². The Bertz CT molecular complexity index is 163. The second kappa shape index (κ2) is 4.96. The van der Waals surface area contributed by atoms with Gasteiger partial charge in [0.05, 0.1) is 0 Å². The van der Waals surface area contributed by atoms with E-state index in [1.807, 2.05) is 6.92 Å². The second-order valence-corrected chi connectivity index (χ2v) is 3.66. The normalized spacial score (nSPS) is 12.8. The first kappa shape index (κ1) is 11.2. The Labute approximate surface area is 75.3 Å². The van der Waals surface area contributed by atoms with Crippen molar-refractivity contribution < 1.29 is 4.79 Å². The summed E-state index contributed by atoms with van der Waals surface area (Å²) in [6.07, 6.45) is 2.50. The molecular weight excluding hydrogens is 150 g/mol. The standard InChI is InChI=1S/C10H19NO/c1-6-11(5)10(12)9(4)7-8(2)3/h6,8-9H,1,7H2,2-5H3/t9-/m0/s1. The van der Waals surface area contributed by atoms with Gasteiger partial charge >= 0.3 is 0 Å². The molecule has 0 bridgehead atoms. The lowest BCUT2D eigenvalue weighted by Crippen LogP contribution is -2.27. The second-order valence-electron chi connectivity index (χ2n) is 3.66. The third-order valence-electron chi connectivity index (χ3n) is 1.87. The lowest BCUT2D eigenvalue weighted by atomic mass is 9.98. The maximum Gasteiger partial charge on any atom is 0.229 e. The molecule has 1 amide bonds. The fraction of sp³-hybridized carbons (Fsp3) is 0.700. The molecule has 0 fully saturated rings. The summed E-state index contributed by atoms with van der Waals surface area (Å²) in [6.45, 7) is 9.75. The van der Waals surface area contributed by atoms with E-state index in [9.17, 15) is 4.79 Å². The van der Waals surface area contributed by atoms with Gasteiger partial charge in [0.2, 0.25) is 5.91 Å². The van der Waals surface area contributed by atoms with E-state index >= 15 is 0 Å². The molecule has 0 N–H and O–H groups in total. The molecule has 0 aromatic heterocycles. The molecule has 0 radical (unpaired) electrons. The minimum absolute atomic E-state index is 0.105. The van der Waals surface area contributed by atoms with Gasteiger partial charge in [0, 0.05) is 13.0 Å². The molecule has 0 aliphatic rings. The molecule has 0 aromatic carbocycles. The Morgan fingerprint density at radius 1 is 1.50 bits per heavy atom. The van der Waals surface area contributed by atoms with Crippen molar-refractivity contribution >= 4 is 5.91 Å². The maximum atomic E-state index is 11.5. The Morgan fingerprint density at radius 3 is 2.33 bits per heavy atom. The molecule has 0 spiro atoms. The minimum atomic E-state index is 0.105. The zero-order valence-corrected chi connectivity index (χ0v) is 8.50. The van der Waals surface area contributed by atoms with Crippen LogP contribution in [0, 0.1) is 11.8 Å². The molecule has 0 saturated carbocycles. The van der Waals surface area contributed by atoms with Gasteiger partial charge in [-0.15, -0.1) is 0 Å².